The highest BCUT2D eigenvalue weighted by atomic mass is 32.2. The molecule has 0 radical (unpaired) electrons. The van der Waals surface area contributed by atoms with Gasteiger partial charge in [0.25, 0.3) is 16.0 Å². The van der Waals surface area contributed by atoms with Gasteiger partial charge >= 0.3 is 0 Å². The van der Waals surface area contributed by atoms with Crippen LogP contribution in [-0.4, -0.2) is 108 Å². The molecule has 2 aliphatic rings. The van der Waals surface area contributed by atoms with Crippen molar-refractivity contribution < 1.29 is 42.2 Å². The van der Waals surface area contributed by atoms with Crippen molar-refractivity contribution in [3.8, 4) is 22.6 Å². The van der Waals surface area contributed by atoms with Crippen molar-refractivity contribution in [1.82, 2.24) is 20.0 Å². The summed E-state index contributed by atoms with van der Waals surface area (Å²) in [5, 5.41) is 28.3. The summed E-state index contributed by atoms with van der Waals surface area (Å²) in [5.41, 5.74) is 4.70. The van der Waals surface area contributed by atoms with Crippen molar-refractivity contribution in [3.05, 3.63) is 59.9 Å². The SMILES string of the molecule is Cn1cc(-c2ccc(CCOCCC(=O)N(CCNCCc3ccc(O)c4c3OCC(=O)N4)C3CCCCC3)cc2)cn1.O=S(=O)(O)CCO. The van der Waals surface area contributed by atoms with E-state index < -0.39 is 22.5 Å². The van der Waals surface area contributed by atoms with Gasteiger partial charge in [-0.3, -0.25) is 18.8 Å². The molecule has 0 bridgehead atoms. The number of anilines is 1. The van der Waals surface area contributed by atoms with Crippen molar-refractivity contribution in [2.45, 2.75) is 57.4 Å². The summed E-state index contributed by atoms with van der Waals surface area (Å²) in [6, 6.07) is 12.2. The number of aryl methyl sites for hydroxylation is 1. The van der Waals surface area contributed by atoms with E-state index in [1.54, 1.807) is 10.7 Å². The number of ether oxygens (including phenoxy) is 2. The van der Waals surface area contributed by atoms with Gasteiger partial charge in [-0.2, -0.15) is 13.5 Å². The minimum atomic E-state index is -3.92. The minimum absolute atomic E-state index is 0.000764. The number of benzene rings is 2. The molecule has 3 aromatic rings. The Bertz CT molecular complexity index is 1640. The maximum Gasteiger partial charge on any atom is 0.267 e. The van der Waals surface area contributed by atoms with E-state index in [9.17, 15) is 23.1 Å². The quantitative estimate of drug-likeness (QED) is 0.0832. The molecule has 14 nitrogen and oxygen atoms in total. The van der Waals surface area contributed by atoms with Gasteiger partial charge in [-0.25, -0.2) is 0 Å². The molecule has 274 valence electrons. The molecular formula is C35H49N5O9S. The lowest BCUT2D eigenvalue weighted by Crippen LogP contribution is -2.45. The van der Waals surface area contributed by atoms with Crippen LogP contribution in [0.15, 0.2) is 48.8 Å². The van der Waals surface area contributed by atoms with Crippen LogP contribution in [0.4, 0.5) is 5.69 Å². The molecule has 2 aromatic carbocycles. The summed E-state index contributed by atoms with van der Waals surface area (Å²) < 4.78 is 40.4. The fourth-order valence-corrected chi connectivity index (χ4v) is 6.24. The molecule has 1 aliphatic heterocycles. The second kappa shape index (κ2) is 19.4. The lowest BCUT2D eigenvalue weighted by molar-refractivity contribution is -0.135. The predicted molar refractivity (Wildman–Crippen MR) is 189 cm³/mol. The number of rotatable bonds is 16. The van der Waals surface area contributed by atoms with Gasteiger partial charge in [0.05, 0.1) is 38.2 Å². The summed E-state index contributed by atoms with van der Waals surface area (Å²) in [5.74, 6) is -0.162. The number of phenolic OH excluding ortho intramolecular Hbond substituents is 1. The van der Waals surface area contributed by atoms with Crippen LogP contribution in [0.25, 0.3) is 11.1 Å². The van der Waals surface area contributed by atoms with E-state index in [0.29, 0.717) is 63.2 Å². The molecule has 0 atom stereocenters. The Morgan fingerprint density at radius 1 is 1.08 bits per heavy atom. The number of nitrogens with zero attached hydrogens (tertiary/aromatic N) is 3. The summed E-state index contributed by atoms with van der Waals surface area (Å²) in [6.07, 6.45) is 11.4. The maximum atomic E-state index is 13.3. The fourth-order valence-electron chi connectivity index (χ4n) is 6.01. The molecule has 5 N–H and O–H groups in total. The average Bonchev–Trinajstić information content (AvgIpc) is 3.53. The summed E-state index contributed by atoms with van der Waals surface area (Å²) >= 11 is 0. The second-order valence-electron chi connectivity index (χ2n) is 12.4. The number of hydrogen-bond acceptors (Lipinski definition) is 10. The highest BCUT2D eigenvalue weighted by Gasteiger charge is 2.25. The van der Waals surface area contributed by atoms with Crippen molar-refractivity contribution in [1.29, 1.82) is 0 Å². The van der Waals surface area contributed by atoms with E-state index in [1.807, 2.05) is 25.5 Å². The van der Waals surface area contributed by atoms with E-state index in [1.165, 1.54) is 24.8 Å². The minimum Gasteiger partial charge on any atom is -0.506 e. The largest absolute Gasteiger partial charge is 0.506 e. The fraction of sp³-hybridized carbons (Fsp3) is 0.514. The Morgan fingerprint density at radius 3 is 2.50 bits per heavy atom. The monoisotopic (exact) mass is 715 g/mol. The van der Waals surface area contributed by atoms with E-state index in [0.717, 1.165) is 36.0 Å². The van der Waals surface area contributed by atoms with Gasteiger partial charge in [0.1, 0.15) is 11.4 Å². The van der Waals surface area contributed by atoms with Gasteiger partial charge in [0, 0.05) is 37.9 Å². The van der Waals surface area contributed by atoms with Gasteiger partial charge < -0.3 is 35.2 Å². The van der Waals surface area contributed by atoms with E-state index >= 15 is 0 Å². The normalized spacial score (nSPS) is 14.6. The molecule has 2 heterocycles. The maximum absolute atomic E-state index is 13.3. The van der Waals surface area contributed by atoms with Gasteiger partial charge in [0.15, 0.2) is 12.4 Å². The highest BCUT2D eigenvalue weighted by Crippen LogP contribution is 2.39. The Kier molecular flexibility index (Phi) is 15.0. The molecule has 1 saturated carbocycles. The Labute approximate surface area is 293 Å². The van der Waals surface area contributed by atoms with Crippen LogP contribution in [0.5, 0.6) is 11.5 Å². The standard InChI is InChI=1S/C33H43N5O5.C2H6O4S/c1-37-22-27(21-35-37)25-9-7-24(8-10-25)14-19-42-20-15-31(41)38(28-5-3-2-4-6-28)18-17-34-16-13-26-11-12-29(39)32-33(26)43-23-30(40)36-32;3-1-2-7(4,5)6/h7-12,21-22,28,34,39H,2-6,13-20,23H2,1H3,(H,36,40);3H,1-2H2,(H,4,5,6). The van der Waals surface area contributed by atoms with Gasteiger partial charge in [-0.05, 0) is 55.0 Å². The molecule has 15 heteroatoms. The first-order valence-electron chi connectivity index (χ1n) is 17.0. The molecule has 1 aromatic heterocycles. The number of fused-ring (bicyclic) bond motifs is 1. The third-order valence-corrected chi connectivity index (χ3v) is 9.30. The average molecular weight is 716 g/mol. The van der Waals surface area contributed by atoms with Crippen LogP contribution in [0.2, 0.25) is 0 Å². The van der Waals surface area contributed by atoms with Crippen LogP contribution >= 0.6 is 0 Å². The zero-order valence-electron chi connectivity index (χ0n) is 28.6. The summed E-state index contributed by atoms with van der Waals surface area (Å²) in [4.78, 5) is 27.0. The summed E-state index contributed by atoms with van der Waals surface area (Å²) in [6.45, 7) is 2.46. The van der Waals surface area contributed by atoms with E-state index in [2.05, 4.69) is 44.9 Å². The molecule has 1 fully saturated rings. The van der Waals surface area contributed by atoms with Gasteiger partial charge in [-0.15, -0.1) is 0 Å². The molecule has 0 unspecified atom stereocenters. The number of aromatic hydroxyl groups is 1. The number of nitrogens with one attached hydrogen (secondary N) is 2. The first-order chi connectivity index (χ1) is 24.0. The third kappa shape index (κ3) is 12.4. The van der Waals surface area contributed by atoms with Crippen molar-refractivity contribution in [2.75, 3.05) is 57.1 Å². The zero-order valence-corrected chi connectivity index (χ0v) is 29.4. The topological polar surface area (TPSA) is 193 Å². The zero-order chi connectivity index (χ0) is 35.9. The van der Waals surface area contributed by atoms with E-state index in [4.69, 9.17) is 19.1 Å². The first-order valence-corrected chi connectivity index (χ1v) is 18.6. The third-order valence-electron chi connectivity index (χ3n) is 8.60. The van der Waals surface area contributed by atoms with Crippen LogP contribution < -0.4 is 15.4 Å². The Hall–Kier alpha value is -4.02. The number of aromatic nitrogens is 2. The molecule has 50 heavy (non-hydrogen) atoms. The summed E-state index contributed by atoms with van der Waals surface area (Å²) in [7, 11) is -2.01. The molecule has 1 aliphatic carbocycles. The lowest BCUT2D eigenvalue weighted by Gasteiger charge is -2.34. The molecule has 5 rings (SSSR count). The van der Waals surface area contributed by atoms with Gasteiger partial charge in [-0.1, -0.05) is 49.6 Å². The molecule has 0 saturated heterocycles. The lowest BCUT2D eigenvalue weighted by atomic mass is 9.94. The second-order valence-corrected chi connectivity index (χ2v) is 14.0. The van der Waals surface area contributed by atoms with Crippen LogP contribution in [-0.2, 0) is 44.3 Å². The van der Waals surface area contributed by atoms with Crippen molar-refractivity contribution >= 4 is 27.6 Å². The van der Waals surface area contributed by atoms with Crippen LogP contribution in [0.3, 0.4) is 0 Å². The molecular weight excluding hydrogens is 666 g/mol. The number of aliphatic hydroxyl groups excluding tert-OH is 1. The number of carbonyl (C=O) groups excluding carboxylic acids is 2. The Morgan fingerprint density at radius 2 is 1.84 bits per heavy atom. The number of aliphatic hydroxyl groups is 1. The number of carbonyl (C=O) groups is 2. The highest BCUT2D eigenvalue weighted by molar-refractivity contribution is 7.85. The number of hydrogen-bond donors (Lipinski definition) is 5. The number of amides is 2. The van der Waals surface area contributed by atoms with Crippen LogP contribution in [0, 0.1) is 0 Å². The predicted octanol–water partition coefficient (Wildman–Crippen LogP) is 2.93. The smallest absolute Gasteiger partial charge is 0.267 e. The molecule has 0 spiro atoms. The van der Waals surface area contributed by atoms with Gasteiger partial charge in [0.2, 0.25) is 5.91 Å². The number of phenols is 1. The van der Waals surface area contributed by atoms with Crippen molar-refractivity contribution in [2.24, 2.45) is 7.05 Å². The molecule has 2 amide bonds. The van der Waals surface area contributed by atoms with Crippen molar-refractivity contribution in [3.63, 3.8) is 0 Å². The Balaban J connectivity index is 0.000000727. The van der Waals surface area contributed by atoms with Crippen LogP contribution in [0.1, 0.15) is 49.7 Å². The first kappa shape index (κ1) is 38.8. The van der Waals surface area contributed by atoms with E-state index in [-0.39, 0.29) is 24.2 Å².